The fourth-order valence-corrected chi connectivity index (χ4v) is 3.07. The predicted molar refractivity (Wildman–Crippen MR) is 100 cm³/mol. The van der Waals surface area contributed by atoms with Gasteiger partial charge in [0, 0.05) is 31.7 Å². The third-order valence-electron chi connectivity index (χ3n) is 4.63. The number of rotatable bonds is 4. The summed E-state index contributed by atoms with van der Waals surface area (Å²) in [7, 11) is 0. The molecule has 0 N–H and O–H groups in total. The zero-order valence-corrected chi connectivity index (χ0v) is 15.3. The van der Waals surface area contributed by atoms with Gasteiger partial charge in [-0.25, -0.2) is 0 Å². The van der Waals surface area contributed by atoms with Gasteiger partial charge in [-0.15, -0.1) is 0 Å². The van der Waals surface area contributed by atoms with E-state index in [0.717, 1.165) is 16.9 Å². The Bertz CT molecular complexity index is 795. The molecule has 2 amide bonds. The summed E-state index contributed by atoms with van der Waals surface area (Å²) >= 11 is 0. The molecular weight excluding hydrogens is 328 g/mol. The van der Waals surface area contributed by atoms with Crippen molar-refractivity contribution >= 4 is 11.8 Å². The maximum absolute atomic E-state index is 12.6. The van der Waals surface area contributed by atoms with Gasteiger partial charge in [0.2, 0.25) is 0 Å². The van der Waals surface area contributed by atoms with E-state index < -0.39 is 0 Å². The molecule has 1 saturated heterocycles. The Morgan fingerprint density at radius 3 is 2.31 bits per heavy atom. The van der Waals surface area contributed by atoms with E-state index >= 15 is 0 Å². The molecule has 0 saturated carbocycles. The molecule has 0 unspecified atom stereocenters. The zero-order chi connectivity index (χ0) is 18.5. The lowest BCUT2D eigenvalue weighted by molar-refractivity contribution is -0.134. The Labute approximate surface area is 154 Å². The number of nitrogens with zero attached hydrogens (tertiary/aromatic N) is 2. The summed E-state index contributed by atoms with van der Waals surface area (Å²) in [4.78, 5) is 28.5. The Kier molecular flexibility index (Phi) is 5.56. The average Bonchev–Trinajstić information content (AvgIpc) is 2.66. The van der Waals surface area contributed by atoms with E-state index in [-0.39, 0.29) is 18.4 Å². The van der Waals surface area contributed by atoms with E-state index in [1.54, 1.807) is 9.80 Å². The van der Waals surface area contributed by atoms with E-state index in [2.05, 4.69) is 0 Å². The molecule has 5 heteroatoms. The Balaban J connectivity index is 1.51. The zero-order valence-electron chi connectivity index (χ0n) is 15.3. The number of aryl methyl sites for hydroxylation is 2. The summed E-state index contributed by atoms with van der Waals surface area (Å²) in [6.45, 7) is 6.11. The Hall–Kier alpha value is -2.82. The lowest BCUT2D eigenvalue weighted by Gasteiger charge is -2.34. The second kappa shape index (κ2) is 8.04. The van der Waals surface area contributed by atoms with Gasteiger partial charge in [-0.1, -0.05) is 35.9 Å². The lowest BCUT2D eigenvalue weighted by Crippen LogP contribution is -2.51. The minimum Gasteiger partial charge on any atom is -0.484 e. The van der Waals surface area contributed by atoms with Gasteiger partial charge in [0.25, 0.3) is 11.8 Å². The normalized spacial score (nSPS) is 14.2. The van der Waals surface area contributed by atoms with Crippen LogP contribution in [-0.2, 0) is 4.79 Å². The van der Waals surface area contributed by atoms with Crippen molar-refractivity contribution in [2.45, 2.75) is 13.8 Å². The third-order valence-corrected chi connectivity index (χ3v) is 4.63. The van der Waals surface area contributed by atoms with Gasteiger partial charge in [0.1, 0.15) is 5.75 Å². The fraction of sp³-hybridized carbons (Fsp3) is 0.333. The van der Waals surface area contributed by atoms with Crippen LogP contribution in [0, 0.1) is 13.8 Å². The molecule has 2 aromatic carbocycles. The first-order valence-corrected chi connectivity index (χ1v) is 8.87. The van der Waals surface area contributed by atoms with Crippen molar-refractivity contribution in [3.8, 4) is 5.75 Å². The molecule has 5 nitrogen and oxygen atoms in total. The van der Waals surface area contributed by atoms with Gasteiger partial charge in [-0.2, -0.15) is 0 Å². The number of hydrogen-bond donors (Lipinski definition) is 0. The van der Waals surface area contributed by atoms with Gasteiger partial charge < -0.3 is 14.5 Å². The first kappa shape index (κ1) is 18.0. The monoisotopic (exact) mass is 352 g/mol. The number of ether oxygens (including phenoxy) is 1. The molecular formula is C21H24N2O3. The molecule has 1 fully saturated rings. The van der Waals surface area contributed by atoms with Crippen LogP contribution in [0.3, 0.4) is 0 Å². The van der Waals surface area contributed by atoms with Crippen molar-refractivity contribution in [2.75, 3.05) is 32.8 Å². The molecule has 0 bridgehead atoms. The van der Waals surface area contributed by atoms with Crippen LogP contribution in [-0.4, -0.2) is 54.4 Å². The predicted octanol–water partition coefficient (Wildman–Crippen LogP) is 2.67. The molecule has 0 spiro atoms. The number of carbonyl (C=O) groups is 2. The van der Waals surface area contributed by atoms with Gasteiger partial charge in [0.15, 0.2) is 6.61 Å². The maximum Gasteiger partial charge on any atom is 0.260 e. The summed E-state index contributed by atoms with van der Waals surface area (Å²) in [5.74, 6) is 0.710. The maximum atomic E-state index is 12.6. The van der Waals surface area contributed by atoms with Crippen molar-refractivity contribution < 1.29 is 14.3 Å². The number of benzene rings is 2. The second-order valence-electron chi connectivity index (χ2n) is 6.60. The molecule has 1 heterocycles. The summed E-state index contributed by atoms with van der Waals surface area (Å²) in [5, 5.41) is 0. The van der Waals surface area contributed by atoms with Crippen molar-refractivity contribution in [1.29, 1.82) is 0 Å². The fourth-order valence-electron chi connectivity index (χ4n) is 3.07. The quantitative estimate of drug-likeness (QED) is 0.850. The highest BCUT2D eigenvalue weighted by atomic mass is 16.5. The minimum absolute atomic E-state index is 0.0245. The van der Waals surface area contributed by atoms with Gasteiger partial charge >= 0.3 is 0 Å². The number of hydrogen-bond acceptors (Lipinski definition) is 3. The molecule has 0 aromatic heterocycles. The molecule has 0 radical (unpaired) electrons. The van der Waals surface area contributed by atoms with Crippen LogP contribution in [0.4, 0.5) is 0 Å². The van der Waals surface area contributed by atoms with Crippen molar-refractivity contribution in [3.05, 3.63) is 65.2 Å². The molecule has 136 valence electrons. The van der Waals surface area contributed by atoms with Crippen LogP contribution >= 0.6 is 0 Å². The van der Waals surface area contributed by atoms with Crippen LogP contribution in [0.1, 0.15) is 21.5 Å². The average molecular weight is 352 g/mol. The van der Waals surface area contributed by atoms with Gasteiger partial charge in [0.05, 0.1) is 0 Å². The smallest absolute Gasteiger partial charge is 0.260 e. The summed E-state index contributed by atoms with van der Waals surface area (Å²) in [6, 6.07) is 15.2. The molecule has 3 rings (SSSR count). The van der Waals surface area contributed by atoms with Gasteiger partial charge in [-0.05, 0) is 37.6 Å². The van der Waals surface area contributed by atoms with Crippen LogP contribution < -0.4 is 4.74 Å². The van der Waals surface area contributed by atoms with E-state index in [1.807, 2.05) is 62.4 Å². The van der Waals surface area contributed by atoms with Crippen molar-refractivity contribution in [1.82, 2.24) is 9.80 Å². The lowest BCUT2D eigenvalue weighted by atomic mass is 10.1. The summed E-state index contributed by atoms with van der Waals surface area (Å²) in [6.07, 6.45) is 0. The topological polar surface area (TPSA) is 49.9 Å². The van der Waals surface area contributed by atoms with Crippen molar-refractivity contribution in [2.24, 2.45) is 0 Å². The summed E-state index contributed by atoms with van der Waals surface area (Å²) in [5.41, 5.74) is 2.78. The molecule has 1 aliphatic rings. The highest BCUT2D eigenvalue weighted by Crippen LogP contribution is 2.16. The minimum atomic E-state index is -0.0455. The Morgan fingerprint density at radius 1 is 0.923 bits per heavy atom. The summed E-state index contributed by atoms with van der Waals surface area (Å²) < 4.78 is 5.64. The largest absolute Gasteiger partial charge is 0.484 e. The van der Waals surface area contributed by atoms with Gasteiger partial charge in [-0.3, -0.25) is 9.59 Å². The molecule has 0 atom stereocenters. The number of carbonyl (C=O) groups excluding carboxylic acids is 2. The van der Waals surface area contributed by atoms with Crippen LogP contribution in [0.15, 0.2) is 48.5 Å². The van der Waals surface area contributed by atoms with E-state index in [4.69, 9.17) is 4.74 Å². The second-order valence-corrected chi connectivity index (χ2v) is 6.60. The standard InChI is InChI=1S/C21H24N2O3/c1-16-6-5-8-18(14-16)21(25)23-12-10-22(11-13-23)20(24)15-26-19-9-4-3-7-17(19)2/h3-9,14H,10-13,15H2,1-2H3. The number of para-hydroxylation sites is 1. The number of amides is 2. The first-order chi connectivity index (χ1) is 12.5. The van der Waals surface area contributed by atoms with Crippen LogP contribution in [0.5, 0.6) is 5.75 Å². The molecule has 0 aliphatic carbocycles. The molecule has 1 aliphatic heterocycles. The van der Waals surface area contributed by atoms with Crippen LogP contribution in [0.25, 0.3) is 0 Å². The SMILES string of the molecule is Cc1cccc(C(=O)N2CCN(C(=O)COc3ccccc3C)CC2)c1. The highest BCUT2D eigenvalue weighted by Gasteiger charge is 2.25. The molecule has 26 heavy (non-hydrogen) atoms. The van der Waals surface area contributed by atoms with E-state index in [9.17, 15) is 9.59 Å². The first-order valence-electron chi connectivity index (χ1n) is 8.87. The highest BCUT2D eigenvalue weighted by molar-refractivity contribution is 5.94. The van der Waals surface area contributed by atoms with E-state index in [0.29, 0.717) is 31.7 Å². The van der Waals surface area contributed by atoms with Crippen LogP contribution in [0.2, 0.25) is 0 Å². The van der Waals surface area contributed by atoms with E-state index in [1.165, 1.54) is 0 Å². The third kappa shape index (κ3) is 4.23. The van der Waals surface area contributed by atoms with Crippen molar-refractivity contribution in [3.63, 3.8) is 0 Å². The molecule has 2 aromatic rings. The number of piperazine rings is 1. The Morgan fingerprint density at radius 2 is 1.62 bits per heavy atom.